The molecule has 2 heterocycles. The van der Waals surface area contributed by atoms with Crippen molar-refractivity contribution in [2.75, 3.05) is 13.2 Å². The molecule has 2 rings (SSSR count). The Morgan fingerprint density at radius 1 is 1.25 bits per heavy atom. The van der Waals surface area contributed by atoms with Gasteiger partial charge in [-0.15, -0.1) is 0 Å². The molecular formula is C7H9BN2O2. The minimum absolute atomic E-state index is 0.241. The molecule has 0 radical (unpaired) electrons. The predicted molar refractivity (Wildman–Crippen MR) is 43.9 cm³/mol. The summed E-state index contributed by atoms with van der Waals surface area (Å²) in [5.41, 5.74) is 0.935. The average molecular weight is 164 g/mol. The lowest BCUT2D eigenvalue weighted by Gasteiger charge is -2.19. The lowest BCUT2D eigenvalue weighted by Crippen LogP contribution is -2.41. The SMILES string of the molecule is c1cc(B2OCCCO2)cnn1. The summed E-state index contributed by atoms with van der Waals surface area (Å²) in [6.45, 7) is 1.51. The molecule has 1 saturated heterocycles. The van der Waals surface area contributed by atoms with E-state index in [-0.39, 0.29) is 7.12 Å². The van der Waals surface area contributed by atoms with Crippen LogP contribution in [0, 0.1) is 0 Å². The minimum Gasteiger partial charge on any atom is -0.407 e. The van der Waals surface area contributed by atoms with Crippen LogP contribution < -0.4 is 5.46 Å². The third kappa shape index (κ3) is 1.62. The maximum absolute atomic E-state index is 5.37. The largest absolute Gasteiger partial charge is 0.495 e. The number of nitrogens with zero attached hydrogens (tertiary/aromatic N) is 2. The number of aromatic nitrogens is 2. The molecule has 0 saturated carbocycles. The van der Waals surface area contributed by atoms with Crippen LogP contribution in [-0.4, -0.2) is 30.5 Å². The molecule has 0 spiro atoms. The molecule has 0 aliphatic carbocycles. The highest BCUT2D eigenvalue weighted by Gasteiger charge is 2.24. The molecule has 1 fully saturated rings. The summed E-state index contributed by atoms with van der Waals surface area (Å²) in [5.74, 6) is 0. The average Bonchev–Trinajstić information content (AvgIpc) is 2.21. The second kappa shape index (κ2) is 3.64. The van der Waals surface area contributed by atoms with E-state index in [0.717, 1.165) is 25.1 Å². The highest BCUT2D eigenvalue weighted by atomic mass is 16.6. The van der Waals surface area contributed by atoms with Crippen molar-refractivity contribution in [3.05, 3.63) is 18.5 Å². The second-order valence-corrected chi connectivity index (χ2v) is 2.60. The van der Waals surface area contributed by atoms with E-state index in [9.17, 15) is 0 Å². The van der Waals surface area contributed by atoms with E-state index < -0.39 is 0 Å². The predicted octanol–water partition coefficient (Wildman–Crippen LogP) is -0.391. The van der Waals surface area contributed by atoms with Gasteiger partial charge in [0.2, 0.25) is 0 Å². The standard InChI is InChI=1S/C7H9BN2O2/c1-4-11-8(12-5-1)7-2-3-9-10-6-7/h2-3,6H,1,4-5H2. The van der Waals surface area contributed by atoms with Crippen molar-refractivity contribution in [2.24, 2.45) is 0 Å². The number of hydrogen-bond acceptors (Lipinski definition) is 4. The summed E-state index contributed by atoms with van der Waals surface area (Å²) < 4.78 is 10.7. The molecule has 62 valence electrons. The Labute approximate surface area is 71.0 Å². The maximum Gasteiger partial charge on any atom is 0.495 e. The van der Waals surface area contributed by atoms with E-state index in [1.165, 1.54) is 0 Å². The summed E-state index contributed by atoms with van der Waals surface area (Å²) in [4.78, 5) is 0. The van der Waals surface area contributed by atoms with E-state index in [1.807, 2.05) is 6.07 Å². The third-order valence-corrected chi connectivity index (χ3v) is 1.71. The lowest BCUT2D eigenvalue weighted by molar-refractivity contribution is 0.143. The fourth-order valence-electron chi connectivity index (χ4n) is 1.12. The Kier molecular flexibility index (Phi) is 2.34. The lowest BCUT2D eigenvalue weighted by atomic mass is 9.79. The van der Waals surface area contributed by atoms with Crippen molar-refractivity contribution in [3.8, 4) is 0 Å². The van der Waals surface area contributed by atoms with Gasteiger partial charge in [0.25, 0.3) is 0 Å². The van der Waals surface area contributed by atoms with Crippen LogP contribution in [0.2, 0.25) is 0 Å². The van der Waals surface area contributed by atoms with Crippen molar-refractivity contribution < 1.29 is 9.31 Å². The van der Waals surface area contributed by atoms with Crippen molar-refractivity contribution in [3.63, 3.8) is 0 Å². The Hall–Kier alpha value is -0.935. The van der Waals surface area contributed by atoms with Gasteiger partial charge in [-0.05, 0) is 12.5 Å². The van der Waals surface area contributed by atoms with Gasteiger partial charge in [0.1, 0.15) is 0 Å². The molecule has 5 heteroatoms. The van der Waals surface area contributed by atoms with Crippen molar-refractivity contribution in [1.82, 2.24) is 10.2 Å². The molecule has 1 aromatic rings. The van der Waals surface area contributed by atoms with Crippen LogP contribution in [0.5, 0.6) is 0 Å². The molecule has 0 N–H and O–H groups in total. The second-order valence-electron chi connectivity index (χ2n) is 2.60. The fraction of sp³-hybridized carbons (Fsp3) is 0.429. The van der Waals surface area contributed by atoms with Gasteiger partial charge >= 0.3 is 7.12 Å². The van der Waals surface area contributed by atoms with Gasteiger partial charge in [-0.1, -0.05) is 0 Å². The molecule has 0 amide bonds. The zero-order valence-corrected chi connectivity index (χ0v) is 6.64. The number of rotatable bonds is 1. The summed E-state index contributed by atoms with van der Waals surface area (Å²) in [5, 5.41) is 7.43. The number of hydrogen-bond donors (Lipinski definition) is 0. The van der Waals surface area contributed by atoms with Crippen LogP contribution in [0.1, 0.15) is 6.42 Å². The minimum atomic E-state index is -0.241. The van der Waals surface area contributed by atoms with Gasteiger partial charge in [0.05, 0.1) is 0 Å². The molecule has 0 aromatic carbocycles. The Morgan fingerprint density at radius 3 is 2.75 bits per heavy atom. The molecule has 0 unspecified atom stereocenters. The molecular weight excluding hydrogens is 155 g/mol. The molecule has 4 nitrogen and oxygen atoms in total. The van der Waals surface area contributed by atoms with Crippen LogP contribution in [0.25, 0.3) is 0 Å². The van der Waals surface area contributed by atoms with Crippen molar-refractivity contribution in [2.45, 2.75) is 6.42 Å². The van der Waals surface area contributed by atoms with Crippen LogP contribution >= 0.6 is 0 Å². The highest BCUT2D eigenvalue weighted by Crippen LogP contribution is 2.00. The van der Waals surface area contributed by atoms with Gasteiger partial charge in [0, 0.05) is 31.1 Å². The van der Waals surface area contributed by atoms with E-state index in [4.69, 9.17) is 9.31 Å². The Bertz CT molecular complexity index is 238. The van der Waals surface area contributed by atoms with Crippen LogP contribution in [0.4, 0.5) is 0 Å². The first-order chi connectivity index (χ1) is 5.97. The monoisotopic (exact) mass is 164 g/mol. The molecule has 1 aromatic heterocycles. The van der Waals surface area contributed by atoms with E-state index in [1.54, 1.807) is 12.4 Å². The van der Waals surface area contributed by atoms with Gasteiger partial charge in [-0.2, -0.15) is 10.2 Å². The molecule has 0 bridgehead atoms. The highest BCUT2D eigenvalue weighted by molar-refractivity contribution is 6.61. The quantitative estimate of drug-likeness (QED) is 0.530. The molecule has 1 aliphatic heterocycles. The normalized spacial score (nSPS) is 17.8. The summed E-state index contributed by atoms with van der Waals surface area (Å²) in [6.07, 6.45) is 4.27. The smallest absolute Gasteiger partial charge is 0.407 e. The van der Waals surface area contributed by atoms with Crippen LogP contribution in [-0.2, 0) is 9.31 Å². The van der Waals surface area contributed by atoms with E-state index in [0.29, 0.717) is 0 Å². The van der Waals surface area contributed by atoms with Crippen molar-refractivity contribution in [1.29, 1.82) is 0 Å². The van der Waals surface area contributed by atoms with Crippen molar-refractivity contribution >= 4 is 12.6 Å². The summed E-state index contributed by atoms with van der Waals surface area (Å²) in [7, 11) is -0.241. The third-order valence-electron chi connectivity index (χ3n) is 1.71. The first kappa shape index (κ1) is 7.70. The zero-order valence-electron chi connectivity index (χ0n) is 6.64. The Morgan fingerprint density at radius 2 is 2.08 bits per heavy atom. The van der Waals surface area contributed by atoms with Gasteiger partial charge in [-0.3, -0.25) is 0 Å². The first-order valence-corrected chi connectivity index (χ1v) is 3.96. The topological polar surface area (TPSA) is 44.2 Å². The van der Waals surface area contributed by atoms with E-state index >= 15 is 0 Å². The van der Waals surface area contributed by atoms with E-state index in [2.05, 4.69) is 10.2 Å². The molecule has 0 atom stereocenters. The Balaban J connectivity index is 2.08. The van der Waals surface area contributed by atoms with Gasteiger partial charge in [0.15, 0.2) is 0 Å². The van der Waals surface area contributed by atoms with Crippen LogP contribution in [0.15, 0.2) is 18.5 Å². The van der Waals surface area contributed by atoms with Crippen LogP contribution in [0.3, 0.4) is 0 Å². The molecule has 1 aliphatic rings. The summed E-state index contributed by atoms with van der Waals surface area (Å²) in [6, 6.07) is 1.85. The van der Waals surface area contributed by atoms with Gasteiger partial charge in [-0.25, -0.2) is 0 Å². The summed E-state index contributed by atoms with van der Waals surface area (Å²) >= 11 is 0. The zero-order chi connectivity index (χ0) is 8.23. The first-order valence-electron chi connectivity index (χ1n) is 3.96. The fourth-order valence-corrected chi connectivity index (χ4v) is 1.12. The van der Waals surface area contributed by atoms with Gasteiger partial charge < -0.3 is 9.31 Å². The maximum atomic E-state index is 5.37. The molecule has 12 heavy (non-hydrogen) atoms.